The standard InChI is InChI=1S/C14H15N3O3/c1-11-4-13(16(10-20)2-3-18)6-14(5-11)17-8-12(9-19)7-15-17/h4-10,18H,2-3H2,1H3. The number of carbonyl (C=O) groups is 2. The van der Waals surface area contributed by atoms with E-state index in [4.69, 9.17) is 5.11 Å². The average molecular weight is 273 g/mol. The normalized spacial score (nSPS) is 10.3. The fourth-order valence-corrected chi connectivity index (χ4v) is 1.93. The Labute approximate surface area is 116 Å². The summed E-state index contributed by atoms with van der Waals surface area (Å²) in [6, 6.07) is 5.52. The second-order valence-corrected chi connectivity index (χ2v) is 4.39. The molecule has 0 aliphatic rings. The number of carbonyl (C=O) groups excluding carboxylic acids is 2. The molecule has 0 unspecified atom stereocenters. The van der Waals surface area contributed by atoms with Crippen molar-refractivity contribution in [3.8, 4) is 5.69 Å². The Morgan fingerprint density at radius 1 is 1.35 bits per heavy atom. The first-order valence-corrected chi connectivity index (χ1v) is 6.12. The van der Waals surface area contributed by atoms with E-state index in [1.807, 2.05) is 19.1 Å². The lowest BCUT2D eigenvalue weighted by atomic mass is 10.2. The van der Waals surface area contributed by atoms with E-state index >= 15 is 0 Å². The van der Waals surface area contributed by atoms with Crippen molar-refractivity contribution in [2.75, 3.05) is 18.1 Å². The number of amides is 1. The van der Waals surface area contributed by atoms with Crippen molar-refractivity contribution in [3.63, 3.8) is 0 Å². The second-order valence-electron chi connectivity index (χ2n) is 4.39. The van der Waals surface area contributed by atoms with Crippen molar-refractivity contribution in [1.82, 2.24) is 9.78 Å². The highest BCUT2D eigenvalue weighted by atomic mass is 16.3. The van der Waals surface area contributed by atoms with Gasteiger partial charge >= 0.3 is 0 Å². The Morgan fingerprint density at radius 3 is 2.75 bits per heavy atom. The van der Waals surface area contributed by atoms with Crippen molar-refractivity contribution in [1.29, 1.82) is 0 Å². The molecule has 1 N–H and O–H groups in total. The first-order valence-electron chi connectivity index (χ1n) is 6.12. The Kier molecular flexibility index (Phi) is 4.27. The van der Waals surface area contributed by atoms with Gasteiger partial charge in [0.15, 0.2) is 6.29 Å². The van der Waals surface area contributed by atoms with E-state index in [9.17, 15) is 9.59 Å². The van der Waals surface area contributed by atoms with E-state index in [0.29, 0.717) is 17.7 Å². The van der Waals surface area contributed by atoms with Gasteiger partial charge in [-0.25, -0.2) is 4.68 Å². The lowest BCUT2D eigenvalue weighted by Crippen LogP contribution is -2.24. The summed E-state index contributed by atoms with van der Waals surface area (Å²) >= 11 is 0. The zero-order valence-electron chi connectivity index (χ0n) is 11.1. The smallest absolute Gasteiger partial charge is 0.214 e. The molecule has 20 heavy (non-hydrogen) atoms. The molecular weight excluding hydrogens is 258 g/mol. The maximum atomic E-state index is 11.1. The zero-order valence-corrected chi connectivity index (χ0v) is 11.1. The van der Waals surface area contributed by atoms with Crippen LogP contribution in [-0.4, -0.2) is 40.7 Å². The molecule has 0 aliphatic heterocycles. The summed E-state index contributed by atoms with van der Waals surface area (Å²) in [5, 5.41) is 13.1. The maximum absolute atomic E-state index is 11.1. The van der Waals surface area contributed by atoms with Gasteiger partial charge in [0, 0.05) is 18.4 Å². The quantitative estimate of drug-likeness (QED) is 0.795. The van der Waals surface area contributed by atoms with E-state index in [0.717, 1.165) is 17.5 Å². The number of aliphatic hydroxyl groups is 1. The molecule has 0 radical (unpaired) electrons. The number of aldehydes is 1. The van der Waals surface area contributed by atoms with Crippen LogP contribution in [0.15, 0.2) is 30.6 Å². The molecule has 2 rings (SSSR count). The first-order chi connectivity index (χ1) is 9.67. The Balaban J connectivity index is 2.42. The summed E-state index contributed by atoms with van der Waals surface area (Å²) in [5.74, 6) is 0. The predicted octanol–water partition coefficient (Wildman–Crippen LogP) is 0.948. The summed E-state index contributed by atoms with van der Waals surface area (Å²) < 4.78 is 1.57. The molecule has 104 valence electrons. The van der Waals surface area contributed by atoms with Gasteiger partial charge in [0.1, 0.15) is 0 Å². The molecule has 6 heteroatoms. The highest BCUT2D eigenvalue weighted by Crippen LogP contribution is 2.20. The molecule has 2 aromatic rings. The van der Waals surface area contributed by atoms with Crippen LogP contribution in [0.4, 0.5) is 5.69 Å². The van der Waals surface area contributed by atoms with E-state index < -0.39 is 0 Å². The fourth-order valence-electron chi connectivity index (χ4n) is 1.93. The van der Waals surface area contributed by atoms with Crippen LogP contribution in [0.25, 0.3) is 5.69 Å². The lowest BCUT2D eigenvalue weighted by Gasteiger charge is -2.18. The van der Waals surface area contributed by atoms with Gasteiger partial charge in [0.2, 0.25) is 6.41 Å². The van der Waals surface area contributed by atoms with Crippen LogP contribution in [0, 0.1) is 6.92 Å². The number of benzene rings is 1. The number of anilines is 1. The second kappa shape index (κ2) is 6.12. The minimum absolute atomic E-state index is 0.112. The molecule has 1 aromatic carbocycles. The summed E-state index contributed by atoms with van der Waals surface area (Å²) in [4.78, 5) is 23.2. The molecule has 1 heterocycles. The van der Waals surface area contributed by atoms with Crippen molar-refractivity contribution in [2.45, 2.75) is 6.92 Å². The number of nitrogens with zero attached hydrogens (tertiary/aromatic N) is 3. The molecule has 0 spiro atoms. The fraction of sp³-hybridized carbons (Fsp3) is 0.214. The van der Waals surface area contributed by atoms with Crippen molar-refractivity contribution in [3.05, 3.63) is 41.7 Å². The van der Waals surface area contributed by atoms with Crippen LogP contribution in [0.3, 0.4) is 0 Å². The zero-order chi connectivity index (χ0) is 14.5. The van der Waals surface area contributed by atoms with Crippen molar-refractivity contribution >= 4 is 18.4 Å². The van der Waals surface area contributed by atoms with Gasteiger partial charge in [-0.3, -0.25) is 9.59 Å². The minimum Gasteiger partial charge on any atom is -0.395 e. The third-order valence-electron chi connectivity index (χ3n) is 2.85. The van der Waals surface area contributed by atoms with Crippen LogP contribution in [0.1, 0.15) is 15.9 Å². The molecular formula is C14H15N3O3. The van der Waals surface area contributed by atoms with Gasteiger partial charge in [-0.05, 0) is 30.7 Å². The largest absolute Gasteiger partial charge is 0.395 e. The molecule has 0 fully saturated rings. The lowest BCUT2D eigenvalue weighted by molar-refractivity contribution is -0.107. The van der Waals surface area contributed by atoms with E-state index in [2.05, 4.69) is 5.10 Å². The van der Waals surface area contributed by atoms with E-state index in [1.165, 1.54) is 11.1 Å². The van der Waals surface area contributed by atoms with Crippen LogP contribution in [0.5, 0.6) is 0 Å². The van der Waals surface area contributed by atoms with Gasteiger partial charge < -0.3 is 10.0 Å². The summed E-state index contributed by atoms with van der Waals surface area (Å²) in [5.41, 5.74) is 2.85. The van der Waals surface area contributed by atoms with E-state index in [-0.39, 0.29) is 13.2 Å². The molecule has 0 atom stereocenters. The van der Waals surface area contributed by atoms with Gasteiger partial charge in [0.05, 0.1) is 24.1 Å². The first kappa shape index (κ1) is 14.0. The number of hydrogen-bond donors (Lipinski definition) is 1. The summed E-state index contributed by atoms with van der Waals surface area (Å²) in [6.07, 6.45) is 4.49. The number of aryl methyl sites for hydroxylation is 1. The summed E-state index contributed by atoms with van der Waals surface area (Å²) in [7, 11) is 0. The number of aromatic nitrogens is 2. The van der Waals surface area contributed by atoms with Crippen LogP contribution >= 0.6 is 0 Å². The molecule has 0 aliphatic carbocycles. The Morgan fingerprint density at radius 2 is 2.15 bits per heavy atom. The van der Waals surface area contributed by atoms with Gasteiger partial charge in [-0.2, -0.15) is 5.10 Å². The third-order valence-corrected chi connectivity index (χ3v) is 2.85. The predicted molar refractivity (Wildman–Crippen MR) is 74.2 cm³/mol. The van der Waals surface area contributed by atoms with Crippen molar-refractivity contribution < 1.29 is 14.7 Å². The van der Waals surface area contributed by atoms with Crippen LogP contribution in [-0.2, 0) is 4.79 Å². The minimum atomic E-state index is -0.112. The van der Waals surface area contributed by atoms with Gasteiger partial charge in [0.25, 0.3) is 0 Å². The SMILES string of the molecule is Cc1cc(N(C=O)CCO)cc(-n2cc(C=O)cn2)c1. The van der Waals surface area contributed by atoms with Gasteiger partial charge in [-0.15, -0.1) is 0 Å². The number of aliphatic hydroxyl groups excluding tert-OH is 1. The molecule has 1 amide bonds. The summed E-state index contributed by atoms with van der Waals surface area (Å²) in [6.45, 7) is 2.02. The van der Waals surface area contributed by atoms with Gasteiger partial charge in [-0.1, -0.05) is 0 Å². The Bertz CT molecular complexity index is 622. The Hall–Kier alpha value is -2.47. The maximum Gasteiger partial charge on any atom is 0.214 e. The molecule has 0 bridgehead atoms. The molecule has 6 nitrogen and oxygen atoms in total. The monoisotopic (exact) mass is 273 g/mol. The van der Waals surface area contributed by atoms with E-state index in [1.54, 1.807) is 16.9 Å². The molecule has 1 aromatic heterocycles. The third kappa shape index (κ3) is 2.92. The van der Waals surface area contributed by atoms with Crippen molar-refractivity contribution in [2.24, 2.45) is 0 Å². The molecule has 0 saturated carbocycles. The highest BCUT2D eigenvalue weighted by molar-refractivity contribution is 5.77. The van der Waals surface area contributed by atoms with Crippen LogP contribution < -0.4 is 4.90 Å². The number of hydrogen-bond acceptors (Lipinski definition) is 4. The highest BCUT2D eigenvalue weighted by Gasteiger charge is 2.08. The molecule has 0 saturated heterocycles. The van der Waals surface area contributed by atoms with Crippen LogP contribution in [0.2, 0.25) is 0 Å². The number of rotatable bonds is 6. The average Bonchev–Trinajstić information content (AvgIpc) is 2.93. The topological polar surface area (TPSA) is 75.4 Å².